The van der Waals surface area contributed by atoms with E-state index < -0.39 is 15.4 Å². The number of fused-ring (bicyclic) bond motifs is 1. The van der Waals surface area contributed by atoms with E-state index in [1.165, 1.54) is 10.6 Å². The van der Waals surface area contributed by atoms with Crippen LogP contribution in [0, 0.1) is 23.7 Å². The predicted octanol–water partition coefficient (Wildman–Crippen LogP) is 1.61. The Kier molecular flexibility index (Phi) is 4.10. The van der Waals surface area contributed by atoms with Crippen molar-refractivity contribution in [3.05, 3.63) is 36.3 Å². The second kappa shape index (κ2) is 6.25. The third-order valence-electron chi connectivity index (χ3n) is 5.16. The zero-order valence-electron chi connectivity index (χ0n) is 15.5. The largest absolute Gasteiger partial charge is 0.381 e. The van der Waals surface area contributed by atoms with Crippen LogP contribution in [0.3, 0.4) is 0 Å². The molecule has 144 valence electrons. The summed E-state index contributed by atoms with van der Waals surface area (Å²) < 4.78 is 29.2. The lowest BCUT2D eigenvalue weighted by atomic mass is 9.92. The number of aryl methyl sites for hydroxylation is 1. The Morgan fingerprint density at radius 3 is 2.82 bits per heavy atom. The molecule has 0 radical (unpaired) electrons. The molecule has 1 aliphatic heterocycles. The Morgan fingerprint density at radius 2 is 2.11 bits per heavy atom. The van der Waals surface area contributed by atoms with Gasteiger partial charge in [-0.2, -0.15) is 14.7 Å². The highest BCUT2D eigenvalue weighted by Gasteiger charge is 2.40. The highest BCUT2D eigenvalue weighted by atomic mass is 32.2. The van der Waals surface area contributed by atoms with Crippen molar-refractivity contribution in [1.29, 1.82) is 5.26 Å². The highest BCUT2D eigenvalue weighted by molar-refractivity contribution is 7.89. The fraction of sp³-hybridized carbons (Fsp3) is 0.333. The van der Waals surface area contributed by atoms with Crippen LogP contribution in [-0.2, 0) is 10.0 Å². The van der Waals surface area contributed by atoms with Crippen molar-refractivity contribution in [3.8, 4) is 17.3 Å². The van der Waals surface area contributed by atoms with Crippen LogP contribution in [0.1, 0.15) is 18.9 Å². The number of nitrogen functional groups attached to an aromatic ring is 1. The molecular formula is C18H19N7O2S. The molecule has 1 atom stereocenters. The Labute approximate surface area is 162 Å². The fourth-order valence-corrected chi connectivity index (χ4v) is 5.01. The summed E-state index contributed by atoms with van der Waals surface area (Å²) in [6.07, 6.45) is 3.45. The van der Waals surface area contributed by atoms with E-state index in [4.69, 9.17) is 5.73 Å². The van der Waals surface area contributed by atoms with Crippen molar-refractivity contribution >= 4 is 21.5 Å². The van der Waals surface area contributed by atoms with Crippen LogP contribution < -0.4 is 5.73 Å². The van der Waals surface area contributed by atoms with Crippen LogP contribution in [0.5, 0.6) is 0 Å². The zero-order valence-corrected chi connectivity index (χ0v) is 16.3. The van der Waals surface area contributed by atoms with Crippen molar-refractivity contribution in [1.82, 2.24) is 23.9 Å². The van der Waals surface area contributed by atoms with Gasteiger partial charge in [0.05, 0.1) is 28.3 Å². The summed E-state index contributed by atoms with van der Waals surface area (Å²) >= 11 is 0. The van der Waals surface area contributed by atoms with E-state index in [0.717, 1.165) is 5.56 Å². The minimum atomic E-state index is -3.72. The van der Waals surface area contributed by atoms with E-state index in [0.29, 0.717) is 29.9 Å². The van der Waals surface area contributed by atoms with Gasteiger partial charge in [-0.25, -0.2) is 22.9 Å². The van der Waals surface area contributed by atoms with Crippen LogP contribution in [-0.4, -0.2) is 45.4 Å². The number of anilines is 1. The molecule has 28 heavy (non-hydrogen) atoms. The number of benzene rings is 1. The molecule has 3 heterocycles. The fourth-order valence-electron chi connectivity index (χ4n) is 3.42. The summed E-state index contributed by atoms with van der Waals surface area (Å²) in [5.41, 5.74) is 7.79. The highest BCUT2D eigenvalue weighted by Crippen LogP contribution is 2.34. The van der Waals surface area contributed by atoms with Gasteiger partial charge >= 0.3 is 0 Å². The van der Waals surface area contributed by atoms with Gasteiger partial charge in [0.25, 0.3) is 0 Å². The number of aromatic nitrogens is 4. The maximum Gasteiger partial charge on any atom is 0.243 e. The van der Waals surface area contributed by atoms with Gasteiger partial charge in [0.15, 0.2) is 11.5 Å². The first-order chi connectivity index (χ1) is 13.2. The standard InChI is InChI=1S/C18H19N7O2S/c1-12-3-4-13(28(26,27)24-6-5-18(2,9-19)10-24)7-14(12)15-8-21-17-16(20)22-11-23-25(15)17/h3-4,7-8,11H,5-6,10H2,1-2H3,(H2,20,22,23). The lowest BCUT2D eigenvalue weighted by molar-refractivity contribution is 0.426. The van der Waals surface area contributed by atoms with Crippen molar-refractivity contribution in [2.75, 3.05) is 18.8 Å². The normalized spacial score (nSPS) is 20.5. The van der Waals surface area contributed by atoms with Gasteiger partial charge < -0.3 is 5.73 Å². The molecule has 4 rings (SSSR count). The number of hydrogen-bond donors (Lipinski definition) is 1. The lowest BCUT2D eigenvalue weighted by Gasteiger charge is -2.19. The maximum atomic E-state index is 13.1. The Morgan fingerprint density at radius 1 is 1.32 bits per heavy atom. The van der Waals surface area contributed by atoms with Gasteiger partial charge in [-0.05, 0) is 38.0 Å². The molecule has 0 bridgehead atoms. The van der Waals surface area contributed by atoms with Crippen LogP contribution in [0.4, 0.5) is 5.82 Å². The number of sulfonamides is 1. The number of hydrogen-bond acceptors (Lipinski definition) is 7. The number of nitrogens with zero attached hydrogens (tertiary/aromatic N) is 6. The van der Waals surface area contributed by atoms with Crippen LogP contribution in [0.15, 0.2) is 35.6 Å². The van der Waals surface area contributed by atoms with E-state index in [-0.39, 0.29) is 17.3 Å². The summed E-state index contributed by atoms with van der Waals surface area (Å²) in [5.74, 6) is 0.246. The van der Waals surface area contributed by atoms with Crippen molar-refractivity contribution in [2.45, 2.75) is 25.2 Å². The lowest BCUT2D eigenvalue weighted by Crippen LogP contribution is -2.30. The molecule has 10 heteroatoms. The summed E-state index contributed by atoms with van der Waals surface area (Å²) in [5, 5.41) is 13.5. The van der Waals surface area contributed by atoms with E-state index >= 15 is 0 Å². The molecule has 2 N–H and O–H groups in total. The van der Waals surface area contributed by atoms with Crippen molar-refractivity contribution in [2.24, 2.45) is 5.41 Å². The van der Waals surface area contributed by atoms with E-state index in [1.807, 2.05) is 6.92 Å². The summed E-state index contributed by atoms with van der Waals surface area (Å²) in [6.45, 7) is 4.19. The summed E-state index contributed by atoms with van der Waals surface area (Å²) in [6, 6.07) is 7.18. The zero-order chi connectivity index (χ0) is 20.1. The minimum absolute atomic E-state index is 0.173. The summed E-state index contributed by atoms with van der Waals surface area (Å²) in [4.78, 5) is 8.35. The number of rotatable bonds is 3. The molecular weight excluding hydrogens is 378 g/mol. The third-order valence-corrected chi connectivity index (χ3v) is 7.00. The molecule has 1 aliphatic rings. The van der Waals surface area contributed by atoms with Gasteiger partial charge in [-0.15, -0.1) is 0 Å². The molecule has 3 aromatic rings. The number of imidazole rings is 1. The van der Waals surface area contributed by atoms with E-state index in [2.05, 4.69) is 21.1 Å². The smallest absolute Gasteiger partial charge is 0.243 e. The monoisotopic (exact) mass is 397 g/mol. The molecule has 0 aliphatic carbocycles. The van der Waals surface area contributed by atoms with E-state index in [9.17, 15) is 13.7 Å². The molecule has 1 saturated heterocycles. The second-order valence-electron chi connectivity index (χ2n) is 7.26. The molecule has 0 spiro atoms. The average Bonchev–Trinajstić information content (AvgIpc) is 3.28. The summed E-state index contributed by atoms with van der Waals surface area (Å²) in [7, 11) is -3.72. The van der Waals surface area contributed by atoms with E-state index in [1.54, 1.807) is 35.8 Å². The van der Waals surface area contributed by atoms with Crippen LogP contribution in [0.25, 0.3) is 16.9 Å². The molecule has 1 fully saturated rings. The van der Waals surface area contributed by atoms with Gasteiger partial charge in [0.1, 0.15) is 6.33 Å². The minimum Gasteiger partial charge on any atom is -0.381 e. The number of nitrogens with two attached hydrogens (primary N) is 1. The molecule has 0 amide bonds. The average molecular weight is 397 g/mol. The van der Waals surface area contributed by atoms with Gasteiger partial charge in [-0.1, -0.05) is 6.07 Å². The molecule has 9 nitrogen and oxygen atoms in total. The molecule has 0 saturated carbocycles. The van der Waals surface area contributed by atoms with Crippen molar-refractivity contribution < 1.29 is 8.42 Å². The topological polar surface area (TPSA) is 130 Å². The Hall–Kier alpha value is -3.03. The third kappa shape index (κ3) is 2.80. The molecule has 1 aromatic carbocycles. The Bertz CT molecular complexity index is 1230. The first-order valence-corrected chi connectivity index (χ1v) is 10.2. The predicted molar refractivity (Wildman–Crippen MR) is 102 cm³/mol. The van der Waals surface area contributed by atoms with Crippen molar-refractivity contribution in [3.63, 3.8) is 0 Å². The molecule has 2 aromatic heterocycles. The molecule has 1 unspecified atom stereocenters. The second-order valence-corrected chi connectivity index (χ2v) is 9.20. The SMILES string of the molecule is Cc1ccc(S(=O)(=O)N2CCC(C)(C#N)C2)cc1-c1cnc2c(N)ncnn12. The number of nitriles is 1. The van der Waals surface area contributed by atoms with Gasteiger partial charge in [0, 0.05) is 18.7 Å². The Balaban J connectivity index is 1.80. The first-order valence-electron chi connectivity index (χ1n) is 8.72. The van der Waals surface area contributed by atoms with Gasteiger partial charge in [-0.3, -0.25) is 0 Å². The van der Waals surface area contributed by atoms with Gasteiger partial charge in [0.2, 0.25) is 10.0 Å². The van der Waals surface area contributed by atoms with Crippen LogP contribution in [0.2, 0.25) is 0 Å². The first kappa shape index (κ1) is 18.3. The quantitative estimate of drug-likeness (QED) is 0.710. The maximum absolute atomic E-state index is 13.1. The van der Waals surface area contributed by atoms with Crippen LogP contribution >= 0.6 is 0 Å².